The van der Waals surface area contributed by atoms with Crippen molar-refractivity contribution in [3.05, 3.63) is 0 Å². The first-order valence-corrected chi connectivity index (χ1v) is 9.79. The van der Waals surface area contributed by atoms with Gasteiger partial charge < -0.3 is 30.3 Å². The number of nitrogens with one attached hydrogen (secondary N) is 2. The lowest BCUT2D eigenvalue weighted by Crippen LogP contribution is -2.47. The maximum atomic E-state index is 12.0. The molecule has 0 spiro atoms. The van der Waals surface area contributed by atoms with Crippen molar-refractivity contribution in [1.82, 2.24) is 10.6 Å². The van der Waals surface area contributed by atoms with E-state index in [9.17, 15) is 19.2 Å². The first-order valence-electron chi connectivity index (χ1n) is 7.52. The summed E-state index contributed by atoms with van der Waals surface area (Å²) in [6.07, 6.45) is 0. The molecule has 0 aliphatic carbocycles. The molecule has 0 aliphatic heterocycles. The van der Waals surface area contributed by atoms with Gasteiger partial charge in [-0.2, -0.15) is 0 Å². The van der Waals surface area contributed by atoms with Crippen molar-refractivity contribution in [1.29, 1.82) is 0 Å². The van der Waals surface area contributed by atoms with Crippen LogP contribution < -0.4 is 10.6 Å². The second-order valence-electron chi connectivity index (χ2n) is 5.01. The SMILES string of the molecule is COC(=O)[C@H](CO)NC(=O)C(C)SSC(C)C(=O)N[C@@H](CO)C(=O)OC. The summed E-state index contributed by atoms with van der Waals surface area (Å²) in [7, 11) is 4.42. The van der Waals surface area contributed by atoms with Crippen LogP contribution in [0.2, 0.25) is 0 Å². The minimum absolute atomic E-state index is 0.512. The van der Waals surface area contributed by atoms with E-state index in [-0.39, 0.29) is 0 Å². The molecule has 0 heterocycles. The molecule has 150 valence electrons. The summed E-state index contributed by atoms with van der Waals surface area (Å²) in [4.78, 5) is 46.7. The van der Waals surface area contributed by atoms with Crippen LogP contribution in [0, 0.1) is 0 Å². The molecule has 2 unspecified atom stereocenters. The fraction of sp³-hybridized carbons (Fsp3) is 0.714. The number of hydrogen-bond acceptors (Lipinski definition) is 10. The fourth-order valence-electron chi connectivity index (χ4n) is 1.47. The van der Waals surface area contributed by atoms with E-state index in [1.165, 1.54) is 0 Å². The minimum Gasteiger partial charge on any atom is -0.467 e. The van der Waals surface area contributed by atoms with Crippen molar-refractivity contribution in [3.63, 3.8) is 0 Å². The Hall–Kier alpha value is -1.50. The van der Waals surface area contributed by atoms with Crippen molar-refractivity contribution < 1.29 is 38.9 Å². The van der Waals surface area contributed by atoms with Crippen molar-refractivity contribution in [3.8, 4) is 0 Å². The highest BCUT2D eigenvalue weighted by atomic mass is 33.1. The number of methoxy groups -OCH3 is 2. The molecule has 4 N–H and O–H groups in total. The molecule has 10 nitrogen and oxygen atoms in total. The number of esters is 2. The minimum atomic E-state index is -1.16. The topological polar surface area (TPSA) is 151 Å². The second-order valence-corrected chi connectivity index (χ2v) is 7.96. The first-order chi connectivity index (χ1) is 12.2. The number of aliphatic hydroxyl groups excluding tert-OH is 2. The van der Waals surface area contributed by atoms with Crippen LogP contribution >= 0.6 is 21.6 Å². The maximum absolute atomic E-state index is 12.0. The molecule has 26 heavy (non-hydrogen) atoms. The Bertz CT molecular complexity index is 461. The summed E-state index contributed by atoms with van der Waals surface area (Å²) < 4.78 is 8.91. The summed E-state index contributed by atoms with van der Waals surface area (Å²) in [5.74, 6) is -2.56. The first kappa shape index (κ1) is 24.5. The highest BCUT2D eigenvalue weighted by molar-refractivity contribution is 8.77. The van der Waals surface area contributed by atoms with E-state index in [1.807, 2.05) is 0 Å². The van der Waals surface area contributed by atoms with Gasteiger partial charge in [-0.1, -0.05) is 21.6 Å². The number of carbonyl (C=O) groups excluding carboxylic acids is 4. The van der Waals surface area contributed by atoms with Gasteiger partial charge >= 0.3 is 11.9 Å². The van der Waals surface area contributed by atoms with E-state index in [2.05, 4.69) is 20.1 Å². The van der Waals surface area contributed by atoms with E-state index in [0.29, 0.717) is 0 Å². The van der Waals surface area contributed by atoms with Crippen LogP contribution in [0.15, 0.2) is 0 Å². The van der Waals surface area contributed by atoms with Gasteiger partial charge in [-0.15, -0.1) is 0 Å². The maximum Gasteiger partial charge on any atom is 0.330 e. The van der Waals surface area contributed by atoms with Gasteiger partial charge in [0.25, 0.3) is 0 Å². The van der Waals surface area contributed by atoms with E-state index < -0.39 is 59.6 Å². The van der Waals surface area contributed by atoms with Crippen molar-refractivity contribution in [2.45, 2.75) is 36.4 Å². The van der Waals surface area contributed by atoms with Gasteiger partial charge in [-0.3, -0.25) is 9.59 Å². The Morgan fingerprint density at radius 3 is 1.35 bits per heavy atom. The Morgan fingerprint density at radius 1 is 0.808 bits per heavy atom. The van der Waals surface area contributed by atoms with E-state index in [1.54, 1.807) is 13.8 Å². The molecule has 0 radical (unpaired) electrons. The summed E-state index contributed by atoms with van der Waals surface area (Å²) >= 11 is 0. The zero-order valence-corrected chi connectivity index (χ0v) is 16.5. The third-order valence-electron chi connectivity index (χ3n) is 3.05. The molecule has 0 saturated carbocycles. The normalized spacial score (nSPS) is 15.2. The quantitative estimate of drug-likeness (QED) is 0.232. The van der Waals surface area contributed by atoms with Gasteiger partial charge in [0, 0.05) is 0 Å². The third kappa shape index (κ3) is 8.25. The van der Waals surface area contributed by atoms with Crippen LogP contribution in [0.1, 0.15) is 13.8 Å². The van der Waals surface area contributed by atoms with Crippen molar-refractivity contribution in [2.24, 2.45) is 0 Å². The molecule has 0 aromatic heterocycles. The zero-order valence-electron chi connectivity index (χ0n) is 14.9. The molecule has 0 bridgehead atoms. The largest absolute Gasteiger partial charge is 0.467 e. The summed E-state index contributed by atoms with van der Waals surface area (Å²) in [5.41, 5.74) is 0. The van der Waals surface area contributed by atoms with Gasteiger partial charge in [0.2, 0.25) is 11.8 Å². The van der Waals surface area contributed by atoms with Gasteiger partial charge in [0.1, 0.15) is 0 Å². The third-order valence-corrected chi connectivity index (χ3v) is 6.23. The highest BCUT2D eigenvalue weighted by Gasteiger charge is 2.27. The predicted molar refractivity (Wildman–Crippen MR) is 96.2 cm³/mol. The molecule has 0 saturated heterocycles. The summed E-state index contributed by atoms with van der Waals surface area (Å²) in [6.45, 7) is 1.93. The van der Waals surface area contributed by atoms with Crippen LogP contribution in [-0.4, -0.2) is 84.0 Å². The number of aliphatic hydroxyl groups is 2. The smallest absolute Gasteiger partial charge is 0.330 e. The average Bonchev–Trinajstić information content (AvgIpc) is 2.65. The lowest BCUT2D eigenvalue weighted by Gasteiger charge is -2.19. The van der Waals surface area contributed by atoms with Crippen LogP contribution in [0.25, 0.3) is 0 Å². The van der Waals surface area contributed by atoms with E-state index in [0.717, 1.165) is 35.8 Å². The molecule has 0 aromatic rings. The Kier molecular flexibility index (Phi) is 12.1. The molecular formula is C14H24N2O8S2. The van der Waals surface area contributed by atoms with Gasteiger partial charge in [-0.25, -0.2) is 9.59 Å². The lowest BCUT2D eigenvalue weighted by atomic mass is 10.3. The molecule has 0 aromatic carbocycles. The summed E-state index contributed by atoms with van der Waals surface area (Å²) in [5, 5.41) is 21.6. The molecule has 4 atom stereocenters. The Balaban J connectivity index is 4.49. The highest BCUT2D eigenvalue weighted by Crippen LogP contribution is 2.31. The van der Waals surface area contributed by atoms with Crippen molar-refractivity contribution >= 4 is 45.3 Å². The zero-order chi connectivity index (χ0) is 20.3. The Labute approximate surface area is 159 Å². The van der Waals surface area contributed by atoms with Crippen LogP contribution in [0.3, 0.4) is 0 Å². The summed E-state index contributed by atoms with van der Waals surface area (Å²) in [6, 6.07) is -2.32. The average molecular weight is 412 g/mol. The number of rotatable bonds is 11. The van der Waals surface area contributed by atoms with Gasteiger partial charge in [-0.05, 0) is 13.8 Å². The molecule has 0 rings (SSSR count). The number of amides is 2. The molecule has 0 fully saturated rings. The van der Waals surface area contributed by atoms with Crippen LogP contribution in [0.5, 0.6) is 0 Å². The number of carbonyl (C=O) groups is 4. The number of hydrogen-bond donors (Lipinski definition) is 4. The van der Waals surface area contributed by atoms with Crippen molar-refractivity contribution in [2.75, 3.05) is 27.4 Å². The molecule has 12 heteroatoms. The second kappa shape index (κ2) is 12.8. The standard InChI is InChI=1S/C14H24N2O8S2/c1-7(11(19)15-9(5-17)13(21)23-3)25-26-8(2)12(20)16-10(6-18)14(22)24-4/h7-10,17-18H,5-6H2,1-4H3,(H,15,19)(H,16,20)/t7?,8?,9-,10-/m0/s1. The van der Waals surface area contributed by atoms with E-state index >= 15 is 0 Å². The van der Waals surface area contributed by atoms with Gasteiger partial charge in [0.15, 0.2) is 12.1 Å². The van der Waals surface area contributed by atoms with Gasteiger partial charge in [0.05, 0.1) is 37.9 Å². The Morgan fingerprint density at radius 2 is 1.12 bits per heavy atom. The molecule has 2 amide bonds. The van der Waals surface area contributed by atoms with Crippen LogP contribution in [0.4, 0.5) is 0 Å². The fourth-order valence-corrected chi connectivity index (χ4v) is 3.64. The lowest BCUT2D eigenvalue weighted by molar-refractivity contribution is -0.146. The van der Waals surface area contributed by atoms with Crippen LogP contribution in [-0.2, 0) is 28.7 Å². The number of ether oxygens (including phenoxy) is 2. The molecular weight excluding hydrogens is 388 g/mol. The predicted octanol–water partition coefficient (Wildman–Crippen LogP) is -1.55. The van der Waals surface area contributed by atoms with E-state index in [4.69, 9.17) is 10.2 Å². The molecule has 0 aliphatic rings. The monoisotopic (exact) mass is 412 g/mol.